The van der Waals surface area contributed by atoms with Crippen molar-refractivity contribution in [2.75, 3.05) is 7.11 Å². The van der Waals surface area contributed by atoms with E-state index in [4.69, 9.17) is 9.47 Å². The summed E-state index contributed by atoms with van der Waals surface area (Å²) < 4.78 is 12.1. The maximum atomic E-state index is 11.2. The Morgan fingerprint density at radius 2 is 1.77 bits per heavy atom. The molecule has 3 aromatic rings. The molecule has 3 aromatic carbocycles. The lowest BCUT2D eigenvalue weighted by atomic mass is 10.0. The molecule has 0 saturated heterocycles. The maximum absolute atomic E-state index is 11.2. The molecule has 3 rings (SSSR count). The van der Waals surface area contributed by atoms with Crippen LogP contribution < -0.4 is 9.47 Å². The first-order chi connectivity index (χ1) is 12.6. The lowest BCUT2D eigenvalue weighted by molar-refractivity contribution is -0.384. The smallest absolute Gasteiger partial charge is 0.270 e. The van der Waals surface area contributed by atoms with E-state index in [-0.39, 0.29) is 5.69 Å². The topological polar surface area (TPSA) is 61.6 Å². The highest BCUT2D eigenvalue weighted by atomic mass is 79.9. The summed E-state index contributed by atoms with van der Waals surface area (Å²) in [5.41, 5.74) is 2.49. The zero-order valence-corrected chi connectivity index (χ0v) is 15.6. The van der Waals surface area contributed by atoms with Crippen LogP contribution in [0, 0.1) is 10.1 Å². The molecular weight excluding hydrogens is 398 g/mol. The first-order valence-corrected chi connectivity index (χ1v) is 8.67. The van der Waals surface area contributed by atoms with E-state index in [1.54, 1.807) is 13.2 Å². The standard InChI is InChI=1S/C20H16BrNO4/c1-25-17-9-6-14(7-10-17)18-12-16(22(23)24)8-11-20(18)26-13-15-4-2-3-5-19(15)21/h2-12H,13H2,1H3. The van der Waals surface area contributed by atoms with E-state index < -0.39 is 4.92 Å². The number of benzene rings is 3. The van der Waals surface area contributed by atoms with Gasteiger partial charge in [0.25, 0.3) is 5.69 Å². The van der Waals surface area contributed by atoms with Gasteiger partial charge in [0.2, 0.25) is 0 Å². The van der Waals surface area contributed by atoms with E-state index in [2.05, 4.69) is 15.9 Å². The molecule has 0 aromatic heterocycles. The van der Waals surface area contributed by atoms with Gasteiger partial charge in [0.15, 0.2) is 0 Å². The summed E-state index contributed by atoms with van der Waals surface area (Å²) in [6.07, 6.45) is 0. The fraction of sp³-hybridized carbons (Fsp3) is 0.100. The quantitative estimate of drug-likeness (QED) is 0.389. The normalized spacial score (nSPS) is 10.4. The van der Waals surface area contributed by atoms with Crippen molar-refractivity contribution < 1.29 is 14.4 Å². The fourth-order valence-electron chi connectivity index (χ4n) is 2.52. The van der Waals surface area contributed by atoms with Crippen molar-refractivity contribution in [3.63, 3.8) is 0 Å². The van der Waals surface area contributed by atoms with Crippen molar-refractivity contribution in [3.8, 4) is 22.6 Å². The van der Waals surface area contributed by atoms with Crippen LogP contribution in [0.25, 0.3) is 11.1 Å². The van der Waals surface area contributed by atoms with Crippen LogP contribution >= 0.6 is 15.9 Å². The van der Waals surface area contributed by atoms with E-state index in [0.717, 1.165) is 21.3 Å². The predicted molar refractivity (Wildman–Crippen MR) is 104 cm³/mol. The largest absolute Gasteiger partial charge is 0.497 e. The van der Waals surface area contributed by atoms with Crippen LogP contribution in [0.5, 0.6) is 11.5 Å². The molecule has 0 bridgehead atoms. The highest BCUT2D eigenvalue weighted by molar-refractivity contribution is 9.10. The number of ether oxygens (including phenoxy) is 2. The van der Waals surface area contributed by atoms with Gasteiger partial charge in [-0.15, -0.1) is 0 Å². The Morgan fingerprint density at radius 1 is 1.04 bits per heavy atom. The third-order valence-electron chi connectivity index (χ3n) is 3.92. The third-order valence-corrected chi connectivity index (χ3v) is 4.69. The Hall–Kier alpha value is -2.86. The van der Waals surface area contributed by atoms with E-state index in [1.807, 2.05) is 48.5 Å². The predicted octanol–water partition coefficient (Wildman–Crippen LogP) is 5.61. The van der Waals surface area contributed by atoms with Gasteiger partial charge in [0.1, 0.15) is 18.1 Å². The van der Waals surface area contributed by atoms with Crippen LogP contribution in [0.1, 0.15) is 5.56 Å². The molecule has 0 aliphatic carbocycles. The number of methoxy groups -OCH3 is 1. The lowest BCUT2D eigenvalue weighted by Crippen LogP contribution is -1.99. The molecule has 0 unspecified atom stereocenters. The van der Waals surface area contributed by atoms with Gasteiger partial charge in [-0.2, -0.15) is 0 Å². The van der Waals surface area contributed by atoms with Gasteiger partial charge in [0.05, 0.1) is 12.0 Å². The molecule has 0 aliphatic heterocycles. The number of rotatable bonds is 6. The summed E-state index contributed by atoms with van der Waals surface area (Å²) in [6, 6.07) is 19.7. The molecule has 0 fully saturated rings. The highest BCUT2D eigenvalue weighted by Gasteiger charge is 2.14. The monoisotopic (exact) mass is 413 g/mol. The summed E-state index contributed by atoms with van der Waals surface area (Å²) in [6.45, 7) is 0.350. The molecule has 0 N–H and O–H groups in total. The Bertz CT molecular complexity index is 925. The van der Waals surface area contributed by atoms with Crippen LogP contribution in [-0.2, 0) is 6.61 Å². The second-order valence-corrected chi connectivity index (χ2v) is 6.40. The Morgan fingerprint density at radius 3 is 2.42 bits per heavy atom. The molecule has 0 atom stereocenters. The molecule has 0 radical (unpaired) electrons. The molecule has 0 spiro atoms. The van der Waals surface area contributed by atoms with Crippen molar-refractivity contribution in [2.24, 2.45) is 0 Å². The van der Waals surface area contributed by atoms with Gasteiger partial charge in [-0.25, -0.2) is 0 Å². The van der Waals surface area contributed by atoms with Crippen molar-refractivity contribution in [1.82, 2.24) is 0 Å². The van der Waals surface area contributed by atoms with Crippen LogP contribution in [0.4, 0.5) is 5.69 Å². The average molecular weight is 414 g/mol. The van der Waals surface area contributed by atoms with E-state index >= 15 is 0 Å². The van der Waals surface area contributed by atoms with Crippen molar-refractivity contribution in [2.45, 2.75) is 6.61 Å². The number of nitrogens with zero attached hydrogens (tertiary/aromatic N) is 1. The summed E-state index contributed by atoms with van der Waals surface area (Å²) >= 11 is 3.50. The van der Waals surface area contributed by atoms with Gasteiger partial charge in [-0.05, 0) is 29.8 Å². The van der Waals surface area contributed by atoms with Crippen LogP contribution in [0.3, 0.4) is 0 Å². The van der Waals surface area contributed by atoms with Crippen molar-refractivity contribution in [1.29, 1.82) is 0 Å². The van der Waals surface area contributed by atoms with Crippen LogP contribution in [-0.4, -0.2) is 12.0 Å². The summed E-state index contributed by atoms with van der Waals surface area (Å²) in [4.78, 5) is 10.7. The minimum Gasteiger partial charge on any atom is -0.497 e. The molecule has 6 heteroatoms. The molecule has 0 heterocycles. The molecule has 5 nitrogen and oxygen atoms in total. The van der Waals surface area contributed by atoms with E-state index in [0.29, 0.717) is 17.9 Å². The van der Waals surface area contributed by atoms with Crippen molar-refractivity contribution in [3.05, 3.63) is 86.9 Å². The van der Waals surface area contributed by atoms with Crippen LogP contribution in [0.2, 0.25) is 0 Å². The number of nitro groups is 1. The molecular formula is C20H16BrNO4. The van der Waals surface area contributed by atoms with Crippen molar-refractivity contribution >= 4 is 21.6 Å². The van der Waals surface area contributed by atoms with Gasteiger partial charge in [-0.1, -0.05) is 46.3 Å². The first-order valence-electron chi connectivity index (χ1n) is 7.87. The average Bonchev–Trinajstić information content (AvgIpc) is 2.67. The number of halogens is 1. The maximum Gasteiger partial charge on any atom is 0.270 e. The van der Waals surface area contributed by atoms with Gasteiger partial charge < -0.3 is 9.47 Å². The SMILES string of the molecule is COc1ccc(-c2cc([N+](=O)[O-])ccc2OCc2ccccc2Br)cc1. The fourth-order valence-corrected chi connectivity index (χ4v) is 2.92. The minimum atomic E-state index is -0.412. The molecule has 26 heavy (non-hydrogen) atoms. The summed E-state index contributed by atoms with van der Waals surface area (Å²) in [5, 5.41) is 11.2. The molecule has 0 saturated carbocycles. The summed E-state index contributed by atoms with van der Waals surface area (Å²) in [7, 11) is 1.59. The lowest BCUT2D eigenvalue weighted by Gasteiger charge is -2.13. The number of hydrogen-bond acceptors (Lipinski definition) is 4. The Labute approximate surface area is 159 Å². The minimum absolute atomic E-state index is 0.0176. The Kier molecular flexibility index (Phi) is 5.53. The number of hydrogen-bond donors (Lipinski definition) is 0. The third kappa shape index (κ3) is 4.03. The molecule has 132 valence electrons. The molecule has 0 aliphatic rings. The van der Waals surface area contributed by atoms with Gasteiger partial charge in [0, 0.05) is 27.7 Å². The first kappa shape index (κ1) is 17.9. The summed E-state index contributed by atoms with van der Waals surface area (Å²) in [5.74, 6) is 1.30. The Balaban J connectivity index is 1.95. The zero-order chi connectivity index (χ0) is 18.5. The molecule has 0 amide bonds. The second kappa shape index (κ2) is 8.01. The number of non-ortho nitro benzene ring substituents is 1. The second-order valence-electron chi connectivity index (χ2n) is 5.55. The van der Waals surface area contributed by atoms with E-state index in [9.17, 15) is 10.1 Å². The van der Waals surface area contributed by atoms with Gasteiger partial charge in [-0.3, -0.25) is 10.1 Å². The van der Waals surface area contributed by atoms with Gasteiger partial charge >= 0.3 is 0 Å². The van der Waals surface area contributed by atoms with E-state index in [1.165, 1.54) is 12.1 Å². The number of nitro benzene ring substituents is 1. The highest BCUT2D eigenvalue weighted by Crippen LogP contribution is 2.35. The van der Waals surface area contributed by atoms with Crippen LogP contribution in [0.15, 0.2) is 71.2 Å². The zero-order valence-electron chi connectivity index (χ0n) is 14.0.